The number of amides is 1. The molecule has 2 aliphatic heterocycles. The second kappa shape index (κ2) is 7.93. The van der Waals surface area contributed by atoms with Gasteiger partial charge in [0, 0.05) is 45.8 Å². The minimum atomic E-state index is 0.277. The molecule has 0 unspecified atom stereocenters. The fourth-order valence-electron chi connectivity index (χ4n) is 2.82. The van der Waals surface area contributed by atoms with Crippen molar-refractivity contribution in [1.82, 2.24) is 14.7 Å². The van der Waals surface area contributed by atoms with Crippen LogP contribution in [0.5, 0.6) is 0 Å². The molecule has 0 saturated carbocycles. The molecule has 0 atom stereocenters. The van der Waals surface area contributed by atoms with Gasteiger partial charge in [-0.3, -0.25) is 9.69 Å². The van der Waals surface area contributed by atoms with Crippen LogP contribution in [0.15, 0.2) is 0 Å². The van der Waals surface area contributed by atoms with E-state index in [0.29, 0.717) is 25.8 Å². The quantitative estimate of drug-likeness (QED) is 0.716. The highest BCUT2D eigenvalue weighted by atomic mass is 16.5. The maximum absolute atomic E-state index is 12.2. The van der Waals surface area contributed by atoms with Gasteiger partial charge in [-0.1, -0.05) is 0 Å². The Labute approximate surface area is 121 Å². The van der Waals surface area contributed by atoms with Gasteiger partial charge in [0.25, 0.3) is 0 Å². The molecule has 2 N–H and O–H groups in total. The lowest BCUT2D eigenvalue weighted by molar-refractivity contribution is -0.134. The van der Waals surface area contributed by atoms with Crippen molar-refractivity contribution in [2.75, 3.05) is 66.0 Å². The van der Waals surface area contributed by atoms with Gasteiger partial charge in [-0.15, -0.1) is 0 Å². The Morgan fingerprint density at radius 1 is 1.15 bits per heavy atom. The smallest absolute Gasteiger partial charge is 0.236 e. The average molecular weight is 284 g/mol. The first kappa shape index (κ1) is 15.7. The summed E-state index contributed by atoms with van der Waals surface area (Å²) in [5, 5.41) is 0. The van der Waals surface area contributed by atoms with Crippen LogP contribution in [0.2, 0.25) is 0 Å². The lowest BCUT2D eigenvalue weighted by Crippen LogP contribution is -2.51. The second-order valence-corrected chi connectivity index (χ2v) is 5.82. The molecule has 0 spiro atoms. The van der Waals surface area contributed by atoms with E-state index in [1.54, 1.807) is 0 Å². The van der Waals surface area contributed by atoms with Gasteiger partial charge >= 0.3 is 0 Å². The van der Waals surface area contributed by atoms with E-state index in [9.17, 15) is 4.79 Å². The van der Waals surface area contributed by atoms with E-state index >= 15 is 0 Å². The highest BCUT2D eigenvalue weighted by Crippen LogP contribution is 2.13. The van der Waals surface area contributed by atoms with Crippen LogP contribution in [0.25, 0.3) is 0 Å². The number of piperazine rings is 1. The Morgan fingerprint density at radius 3 is 2.40 bits per heavy atom. The molecule has 0 aromatic carbocycles. The molecule has 2 heterocycles. The third kappa shape index (κ3) is 4.70. The molecule has 1 amide bonds. The number of carbonyl (C=O) groups is 1. The Kier molecular flexibility index (Phi) is 6.22. The van der Waals surface area contributed by atoms with Crippen LogP contribution in [0.4, 0.5) is 0 Å². The summed E-state index contributed by atoms with van der Waals surface area (Å²) in [6.07, 6.45) is 2.35. The topological polar surface area (TPSA) is 62.0 Å². The zero-order valence-electron chi connectivity index (χ0n) is 12.6. The first-order valence-corrected chi connectivity index (χ1v) is 7.69. The molecular weight excluding hydrogens is 256 g/mol. The minimum Gasteiger partial charge on any atom is -0.377 e. The molecule has 0 aromatic rings. The molecule has 20 heavy (non-hydrogen) atoms. The van der Waals surface area contributed by atoms with E-state index in [-0.39, 0.29) is 5.91 Å². The highest BCUT2D eigenvalue weighted by molar-refractivity contribution is 5.78. The zero-order chi connectivity index (χ0) is 14.4. The van der Waals surface area contributed by atoms with Gasteiger partial charge in [0.15, 0.2) is 0 Å². The van der Waals surface area contributed by atoms with Crippen molar-refractivity contribution < 1.29 is 9.53 Å². The lowest BCUT2D eigenvalue weighted by Gasteiger charge is -2.36. The average Bonchev–Trinajstić information content (AvgIpc) is 2.47. The van der Waals surface area contributed by atoms with Gasteiger partial charge in [-0.05, 0) is 19.9 Å². The Balaban J connectivity index is 1.66. The number of rotatable bonds is 5. The first-order chi connectivity index (χ1) is 9.69. The van der Waals surface area contributed by atoms with Crippen molar-refractivity contribution in [1.29, 1.82) is 0 Å². The molecule has 2 saturated heterocycles. The van der Waals surface area contributed by atoms with E-state index in [0.717, 1.165) is 52.1 Å². The number of likely N-dealkylation sites (tertiary alicyclic amines) is 1. The summed E-state index contributed by atoms with van der Waals surface area (Å²) in [7, 11) is 2.11. The molecule has 2 aliphatic rings. The van der Waals surface area contributed by atoms with Crippen LogP contribution < -0.4 is 5.73 Å². The zero-order valence-corrected chi connectivity index (χ0v) is 12.6. The predicted molar refractivity (Wildman–Crippen MR) is 78.5 cm³/mol. The number of ether oxygens (including phenoxy) is 1. The highest BCUT2D eigenvalue weighted by Gasteiger charge is 2.24. The first-order valence-electron chi connectivity index (χ1n) is 7.69. The van der Waals surface area contributed by atoms with Gasteiger partial charge in [0.2, 0.25) is 5.91 Å². The van der Waals surface area contributed by atoms with Crippen LogP contribution in [-0.4, -0.2) is 92.7 Å². The van der Waals surface area contributed by atoms with Crippen LogP contribution >= 0.6 is 0 Å². The van der Waals surface area contributed by atoms with Gasteiger partial charge in [0.05, 0.1) is 19.3 Å². The van der Waals surface area contributed by atoms with Crippen LogP contribution in [-0.2, 0) is 9.53 Å². The Bertz CT molecular complexity index is 298. The van der Waals surface area contributed by atoms with Crippen LogP contribution in [0.1, 0.15) is 12.8 Å². The van der Waals surface area contributed by atoms with Crippen molar-refractivity contribution >= 4 is 5.91 Å². The summed E-state index contributed by atoms with van der Waals surface area (Å²) >= 11 is 0. The van der Waals surface area contributed by atoms with Crippen molar-refractivity contribution in [3.63, 3.8) is 0 Å². The Hall–Kier alpha value is -0.690. The summed E-state index contributed by atoms with van der Waals surface area (Å²) in [6, 6.07) is 0. The maximum atomic E-state index is 12.2. The number of likely N-dealkylation sites (N-methyl/N-ethyl adjacent to an activating group) is 1. The SMILES string of the molecule is CN1CCN(C(=O)CN2CCC(OCCN)CC2)CC1. The van der Waals surface area contributed by atoms with Crippen molar-refractivity contribution in [2.24, 2.45) is 5.73 Å². The van der Waals surface area contributed by atoms with Gasteiger partial charge < -0.3 is 20.3 Å². The molecular formula is C14H28N4O2. The number of piperidine rings is 1. The summed E-state index contributed by atoms with van der Waals surface area (Å²) in [6.45, 7) is 7.40. The fraction of sp³-hybridized carbons (Fsp3) is 0.929. The van der Waals surface area contributed by atoms with Crippen molar-refractivity contribution in [3.8, 4) is 0 Å². The predicted octanol–water partition coefficient (Wildman–Crippen LogP) is -0.800. The number of hydrogen-bond acceptors (Lipinski definition) is 5. The van der Waals surface area contributed by atoms with Crippen LogP contribution in [0.3, 0.4) is 0 Å². The number of carbonyl (C=O) groups excluding carboxylic acids is 1. The molecule has 2 rings (SSSR count). The van der Waals surface area contributed by atoms with Gasteiger partial charge in [-0.25, -0.2) is 0 Å². The number of hydrogen-bond donors (Lipinski definition) is 1. The molecule has 116 valence electrons. The monoisotopic (exact) mass is 284 g/mol. The molecule has 2 fully saturated rings. The van der Waals surface area contributed by atoms with Crippen molar-refractivity contribution in [3.05, 3.63) is 0 Å². The standard InChI is InChI=1S/C14H28N4O2/c1-16-7-9-18(10-8-16)14(19)12-17-5-2-13(3-6-17)20-11-4-15/h13H,2-12,15H2,1H3. The van der Waals surface area contributed by atoms with E-state index in [1.165, 1.54) is 0 Å². The molecule has 0 bridgehead atoms. The maximum Gasteiger partial charge on any atom is 0.236 e. The number of nitrogens with two attached hydrogens (primary N) is 1. The molecule has 0 radical (unpaired) electrons. The summed E-state index contributed by atoms with van der Waals surface area (Å²) in [5.41, 5.74) is 5.44. The summed E-state index contributed by atoms with van der Waals surface area (Å²) < 4.78 is 5.66. The number of nitrogens with zero attached hydrogens (tertiary/aromatic N) is 3. The van der Waals surface area contributed by atoms with Gasteiger partial charge in [-0.2, -0.15) is 0 Å². The third-order valence-electron chi connectivity index (χ3n) is 4.22. The minimum absolute atomic E-state index is 0.277. The van der Waals surface area contributed by atoms with E-state index in [2.05, 4.69) is 16.8 Å². The molecule has 6 nitrogen and oxygen atoms in total. The largest absolute Gasteiger partial charge is 0.377 e. The van der Waals surface area contributed by atoms with E-state index < -0.39 is 0 Å². The normalized spacial score (nSPS) is 23.2. The molecule has 0 aromatic heterocycles. The summed E-state index contributed by atoms with van der Waals surface area (Å²) in [5.74, 6) is 0.277. The van der Waals surface area contributed by atoms with Crippen molar-refractivity contribution in [2.45, 2.75) is 18.9 Å². The third-order valence-corrected chi connectivity index (χ3v) is 4.22. The van der Waals surface area contributed by atoms with Crippen LogP contribution in [0, 0.1) is 0 Å². The lowest BCUT2D eigenvalue weighted by atomic mass is 10.1. The Morgan fingerprint density at radius 2 is 1.80 bits per heavy atom. The molecule has 0 aliphatic carbocycles. The van der Waals surface area contributed by atoms with Gasteiger partial charge in [0.1, 0.15) is 0 Å². The fourth-order valence-corrected chi connectivity index (χ4v) is 2.82. The second-order valence-electron chi connectivity index (χ2n) is 5.82. The summed E-state index contributed by atoms with van der Waals surface area (Å²) in [4.78, 5) is 18.8. The molecule has 6 heteroatoms. The van der Waals surface area contributed by atoms with E-state index in [1.807, 2.05) is 4.90 Å². The van der Waals surface area contributed by atoms with E-state index in [4.69, 9.17) is 10.5 Å².